The van der Waals surface area contributed by atoms with Crippen LogP contribution in [0.5, 0.6) is 5.75 Å². The zero-order chi connectivity index (χ0) is 20.1. The van der Waals surface area contributed by atoms with E-state index in [9.17, 15) is 24.6 Å². The summed E-state index contributed by atoms with van der Waals surface area (Å²) in [5, 5.41) is 24.1. The first-order valence-corrected chi connectivity index (χ1v) is 11.4. The number of aromatic hydroxyl groups is 1. The Kier molecular flexibility index (Phi) is 5.33. The van der Waals surface area contributed by atoms with Crippen molar-refractivity contribution >= 4 is 7.82 Å². The molecule has 28 heavy (non-hydrogen) atoms. The van der Waals surface area contributed by atoms with E-state index in [1.807, 2.05) is 19.2 Å². The quantitative estimate of drug-likeness (QED) is 0.454. The average molecular weight is 412 g/mol. The lowest BCUT2D eigenvalue weighted by Crippen LogP contribution is -2.66. The number of phosphoric acid groups is 1. The van der Waals surface area contributed by atoms with Crippen LogP contribution in [0.4, 0.5) is 0 Å². The molecule has 2 bridgehead atoms. The van der Waals surface area contributed by atoms with Gasteiger partial charge in [-0.1, -0.05) is 12.1 Å². The Morgan fingerprint density at radius 3 is 2.64 bits per heavy atom. The first-order chi connectivity index (χ1) is 13.2. The number of hydrogen-bond donors (Lipinski definition) is 5. The summed E-state index contributed by atoms with van der Waals surface area (Å²) in [6.07, 6.45) is 2.20. The maximum atomic E-state index is 11.4. The predicted octanol–water partition coefficient (Wildman–Crippen LogP) is 0.988. The Hall–Kier alpha value is -0.990. The number of hydrogen-bond acceptors (Lipinski definition) is 6. The van der Waals surface area contributed by atoms with E-state index in [1.165, 1.54) is 0 Å². The van der Waals surface area contributed by atoms with Gasteiger partial charge in [-0.25, -0.2) is 4.57 Å². The molecule has 1 aromatic rings. The van der Waals surface area contributed by atoms with Crippen molar-refractivity contribution in [3.8, 4) is 5.75 Å². The summed E-state index contributed by atoms with van der Waals surface area (Å²) < 4.78 is 16.5. The second-order valence-corrected chi connectivity index (χ2v) is 9.73. The van der Waals surface area contributed by atoms with Gasteiger partial charge in [0, 0.05) is 30.1 Å². The number of likely N-dealkylation sites (N-methyl/N-ethyl adjacent to an activating group) is 1. The molecule has 156 valence electrons. The Balaban J connectivity index is 1.64. The number of nitrogens with one attached hydrogen (secondary N) is 1. The molecule has 6 atom stereocenters. The Bertz CT molecular complexity index is 755. The molecular weight excluding hydrogens is 383 g/mol. The van der Waals surface area contributed by atoms with E-state index in [4.69, 9.17) is 4.52 Å². The number of fused-ring (bicyclic) bond motifs is 1. The highest BCUT2D eigenvalue weighted by Gasteiger charge is 2.59. The molecule has 1 spiro atoms. The van der Waals surface area contributed by atoms with Gasteiger partial charge in [0.25, 0.3) is 0 Å². The zero-order valence-electron chi connectivity index (χ0n) is 15.9. The van der Waals surface area contributed by atoms with E-state index in [2.05, 4.69) is 10.2 Å². The van der Waals surface area contributed by atoms with Gasteiger partial charge in [0.2, 0.25) is 0 Å². The van der Waals surface area contributed by atoms with Crippen molar-refractivity contribution in [3.63, 3.8) is 0 Å². The third-order valence-electron chi connectivity index (χ3n) is 6.94. The molecule has 9 heteroatoms. The molecule has 5 N–H and O–H groups in total. The SMILES string of the molecule is CN[C@@H]1CN2[C@@H](Cc3ccc(O)cc3)[C@@H](O)[C@H]3C[C@@]2(CC[C@H]3OP(=O)(O)O)C1. The highest BCUT2D eigenvalue weighted by molar-refractivity contribution is 7.46. The smallest absolute Gasteiger partial charge is 0.469 e. The van der Waals surface area contributed by atoms with E-state index in [1.54, 1.807) is 12.1 Å². The van der Waals surface area contributed by atoms with Crippen molar-refractivity contribution in [2.45, 2.75) is 61.9 Å². The van der Waals surface area contributed by atoms with E-state index in [0.717, 1.165) is 24.9 Å². The molecule has 0 unspecified atom stereocenters. The Morgan fingerprint density at radius 1 is 1.29 bits per heavy atom. The molecule has 0 aromatic heterocycles. The van der Waals surface area contributed by atoms with Crippen molar-refractivity contribution in [1.29, 1.82) is 0 Å². The monoisotopic (exact) mass is 412 g/mol. The molecule has 2 saturated heterocycles. The fourth-order valence-corrected chi connectivity index (χ4v) is 6.33. The van der Waals surface area contributed by atoms with Crippen LogP contribution in [-0.2, 0) is 15.5 Å². The van der Waals surface area contributed by atoms with Gasteiger partial charge in [-0.2, -0.15) is 0 Å². The van der Waals surface area contributed by atoms with Crippen molar-refractivity contribution in [2.75, 3.05) is 13.6 Å². The van der Waals surface area contributed by atoms with Crippen LogP contribution >= 0.6 is 7.82 Å². The summed E-state index contributed by atoms with van der Waals surface area (Å²) in [5.41, 5.74) is 0.936. The summed E-state index contributed by atoms with van der Waals surface area (Å²) in [5.74, 6) is -0.108. The molecule has 2 heterocycles. The molecule has 3 fully saturated rings. The molecule has 4 rings (SSSR count). The number of aliphatic hydroxyl groups excluding tert-OH is 1. The standard InChI is InChI=1S/C19H29N2O6P/c1-20-13-9-19-7-6-17(27-28(24,25)26)15(10-19)18(23)16(21(19)11-13)8-12-2-4-14(22)5-3-12/h2-5,13,15-18,20,22-23H,6-11H2,1H3,(H2,24,25,26)/t13-,15-,16-,17+,18-,19+/m0/s1. The summed E-state index contributed by atoms with van der Waals surface area (Å²) >= 11 is 0. The number of phenolic OH excluding ortho intramolecular Hbond substituents is 1. The maximum absolute atomic E-state index is 11.4. The average Bonchev–Trinajstić information content (AvgIpc) is 2.99. The van der Waals surface area contributed by atoms with Crippen LogP contribution in [0.25, 0.3) is 0 Å². The number of aliphatic hydroxyl groups is 1. The highest BCUT2D eigenvalue weighted by Crippen LogP contribution is 2.54. The second-order valence-electron chi connectivity index (χ2n) is 8.54. The summed E-state index contributed by atoms with van der Waals surface area (Å²) in [6.45, 7) is 0.840. The fraction of sp³-hybridized carbons (Fsp3) is 0.684. The van der Waals surface area contributed by atoms with Crippen LogP contribution in [0.3, 0.4) is 0 Å². The van der Waals surface area contributed by atoms with E-state index in [-0.39, 0.29) is 23.2 Å². The normalized spacial score (nSPS) is 38.4. The summed E-state index contributed by atoms with van der Waals surface area (Å²) in [6, 6.07) is 7.16. The van der Waals surface area contributed by atoms with Crippen LogP contribution in [0, 0.1) is 5.92 Å². The third kappa shape index (κ3) is 3.75. The van der Waals surface area contributed by atoms with Crippen LogP contribution in [0.2, 0.25) is 0 Å². The predicted molar refractivity (Wildman–Crippen MR) is 103 cm³/mol. The molecular formula is C19H29N2O6P. The number of benzene rings is 1. The molecule has 0 amide bonds. The van der Waals surface area contributed by atoms with Crippen molar-refractivity contribution in [2.24, 2.45) is 5.92 Å². The van der Waals surface area contributed by atoms with Crippen molar-refractivity contribution in [1.82, 2.24) is 10.2 Å². The summed E-state index contributed by atoms with van der Waals surface area (Å²) in [7, 11) is -2.66. The van der Waals surface area contributed by atoms with Gasteiger partial charge in [-0.3, -0.25) is 9.42 Å². The lowest BCUT2D eigenvalue weighted by Gasteiger charge is -2.57. The van der Waals surface area contributed by atoms with Crippen molar-refractivity contribution < 1.29 is 29.1 Å². The van der Waals surface area contributed by atoms with Crippen LogP contribution in [0.1, 0.15) is 31.2 Å². The van der Waals surface area contributed by atoms with Gasteiger partial charge in [0.05, 0.1) is 12.2 Å². The Labute approximate surface area is 164 Å². The van der Waals surface area contributed by atoms with Gasteiger partial charge in [-0.15, -0.1) is 0 Å². The highest BCUT2D eigenvalue weighted by atomic mass is 31.2. The topological polar surface area (TPSA) is 122 Å². The van der Waals surface area contributed by atoms with Crippen LogP contribution < -0.4 is 5.32 Å². The largest absolute Gasteiger partial charge is 0.508 e. The van der Waals surface area contributed by atoms with Gasteiger partial charge >= 0.3 is 7.82 Å². The molecule has 2 aliphatic heterocycles. The minimum absolute atomic E-state index is 0.0755. The zero-order valence-corrected chi connectivity index (χ0v) is 16.8. The first-order valence-electron chi connectivity index (χ1n) is 9.85. The number of phenols is 1. The fourth-order valence-electron chi connectivity index (χ4n) is 5.72. The second kappa shape index (κ2) is 7.36. The van der Waals surface area contributed by atoms with Gasteiger partial charge in [-0.05, 0) is 56.8 Å². The van der Waals surface area contributed by atoms with E-state index < -0.39 is 20.0 Å². The number of rotatable bonds is 5. The molecule has 1 aliphatic carbocycles. The maximum Gasteiger partial charge on any atom is 0.469 e. The van der Waals surface area contributed by atoms with E-state index >= 15 is 0 Å². The molecule has 0 radical (unpaired) electrons. The molecule has 8 nitrogen and oxygen atoms in total. The molecule has 3 aliphatic rings. The van der Waals surface area contributed by atoms with E-state index in [0.29, 0.717) is 25.3 Å². The lowest BCUT2D eigenvalue weighted by molar-refractivity contribution is -0.144. The third-order valence-corrected chi connectivity index (χ3v) is 7.48. The number of nitrogens with zero attached hydrogens (tertiary/aromatic N) is 1. The summed E-state index contributed by atoms with van der Waals surface area (Å²) in [4.78, 5) is 21.0. The van der Waals surface area contributed by atoms with Crippen LogP contribution in [-0.4, -0.2) is 68.3 Å². The van der Waals surface area contributed by atoms with Gasteiger partial charge in [0.1, 0.15) is 5.75 Å². The van der Waals surface area contributed by atoms with Gasteiger partial charge < -0.3 is 25.3 Å². The number of phosphoric ester groups is 1. The lowest BCUT2D eigenvalue weighted by atomic mass is 9.65. The first kappa shape index (κ1) is 20.3. The molecule has 1 aromatic carbocycles. The van der Waals surface area contributed by atoms with Gasteiger partial charge in [0.15, 0.2) is 0 Å². The number of piperidine rings is 1. The van der Waals surface area contributed by atoms with Crippen molar-refractivity contribution in [3.05, 3.63) is 29.8 Å². The minimum atomic E-state index is -4.61. The Morgan fingerprint density at radius 2 is 2.00 bits per heavy atom. The molecule has 1 saturated carbocycles. The minimum Gasteiger partial charge on any atom is -0.508 e. The van der Waals surface area contributed by atoms with Crippen LogP contribution in [0.15, 0.2) is 24.3 Å².